The molecule has 0 atom stereocenters. The minimum absolute atomic E-state index is 0.0416. The maximum absolute atomic E-state index is 13.5. The van der Waals surface area contributed by atoms with E-state index in [4.69, 9.17) is 0 Å². The highest BCUT2D eigenvalue weighted by molar-refractivity contribution is 7.11. The second-order valence-corrected chi connectivity index (χ2v) is 9.68. The molecule has 0 bridgehead atoms. The summed E-state index contributed by atoms with van der Waals surface area (Å²) in [6.45, 7) is 5.47. The second kappa shape index (κ2) is 11.3. The number of hydrogen-bond donors (Lipinski definition) is 0. The number of hydrogen-bond acceptors (Lipinski definition) is 3. The van der Waals surface area contributed by atoms with Crippen LogP contribution in [-0.4, -0.2) is 34.2 Å². The zero-order valence-electron chi connectivity index (χ0n) is 18.3. The summed E-state index contributed by atoms with van der Waals surface area (Å²) in [4.78, 5) is 32.6. The molecule has 0 saturated heterocycles. The van der Waals surface area contributed by atoms with E-state index >= 15 is 0 Å². The van der Waals surface area contributed by atoms with Crippen molar-refractivity contribution in [3.8, 4) is 0 Å². The van der Waals surface area contributed by atoms with Crippen molar-refractivity contribution in [1.82, 2.24) is 9.80 Å². The third kappa shape index (κ3) is 6.43. The highest BCUT2D eigenvalue weighted by Gasteiger charge is 2.28. The van der Waals surface area contributed by atoms with Gasteiger partial charge in [0.15, 0.2) is 0 Å². The monoisotopic (exact) mass is 426 g/mol. The molecular weight excluding hydrogens is 392 g/mol. The normalized spacial score (nSPS) is 14.5. The number of rotatable bonds is 9. The van der Waals surface area contributed by atoms with Crippen LogP contribution in [0.5, 0.6) is 0 Å². The molecule has 1 aliphatic rings. The molecule has 0 N–H and O–H groups in total. The van der Waals surface area contributed by atoms with Gasteiger partial charge in [0.25, 0.3) is 0 Å². The van der Waals surface area contributed by atoms with Gasteiger partial charge in [-0.3, -0.25) is 9.59 Å². The van der Waals surface area contributed by atoms with Gasteiger partial charge in [0.1, 0.15) is 6.54 Å². The number of nitrogens with zero attached hydrogens (tertiary/aromatic N) is 2. The van der Waals surface area contributed by atoms with Crippen LogP contribution in [0.3, 0.4) is 0 Å². The van der Waals surface area contributed by atoms with E-state index < -0.39 is 0 Å². The van der Waals surface area contributed by atoms with E-state index in [9.17, 15) is 9.59 Å². The maximum atomic E-state index is 13.5. The zero-order chi connectivity index (χ0) is 21.3. The third-order valence-corrected chi connectivity index (χ3v) is 6.80. The van der Waals surface area contributed by atoms with Crippen molar-refractivity contribution in [2.75, 3.05) is 6.54 Å². The molecule has 1 aromatic carbocycles. The fourth-order valence-electron chi connectivity index (χ4n) is 4.21. The number of aryl methyl sites for hydroxylation is 1. The van der Waals surface area contributed by atoms with E-state index in [1.165, 1.54) is 16.2 Å². The molecule has 3 rings (SSSR count). The van der Waals surface area contributed by atoms with Crippen molar-refractivity contribution < 1.29 is 9.59 Å². The Bertz CT molecular complexity index is 812. The summed E-state index contributed by atoms with van der Waals surface area (Å²) in [6.07, 6.45) is 6.91. The summed E-state index contributed by atoms with van der Waals surface area (Å²) in [5.74, 6) is 0.171. The van der Waals surface area contributed by atoms with Crippen LogP contribution in [0.25, 0.3) is 0 Å². The molecule has 5 heteroatoms. The van der Waals surface area contributed by atoms with Crippen LogP contribution in [0.15, 0.2) is 42.5 Å². The van der Waals surface area contributed by atoms with E-state index in [2.05, 4.69) is 31.2 Å². The van der Waals surface area contributed by atoms with Crippen LogP contribution in [0.2, 0.25) is 0 Å². The van der Waals surface area contributed by atoms with Gasteiger partial charge >= 0.3 is 0 Å². The van der Waals surface area contributed by atoms with Gasteiger partial charge < -0.3 is 9.80 Å². The molecule has 1 aliphatic carbocycles. The van der Waals surface area contributed by atoms with E-state index in [1.807, 2.05) is 34.9 Å². The first-order valence-electron chi connectivity index (χ1n) is 11.2. The van der Waals surface area contributed by atoms with Gasteiger partial charge in [-0.1, -0.05) is 56.5 Å². The molecule has 1 saturated carbocycles. The number of amides is 2. The lowest BCUT2D eigenvalue weighted by molar-refractivity contribution is -0.143. The maximum Gasteiger partial charge on any atom is 0.242 e. The van der Waals surface area contributed by atoms with Crippen molar-refractivity contribution in [1.29, 1.82) is 0 Å². The standard InChI is InChI=1S/C25H34N2O2S/c1-3-10-24(28)27(22-13-8-5-9-14-22)19-25(29)26(17-21-11-6-4-7-12-21)18-23-16-15-20(2)30-23/h4,6-7,11-12,15-16,22H,3,5,8-10,13-14,17-19H2,1-2H3. The van der Waals surface area contributed by atoms with E-state index in [1.54, 1.807) is 11.3 Å². The van der Waals surface area contributed by atoms with E-state index in [0.29, 0.717) is 19.5 Å². The van der Waals surface area contributed by atoms with Crippen LogP contribution < -0.4 is 0 Å². The smallest absolute Gasteiger partial charge is 0.242 e. The molecular formula is C25H34N2O2S. The Labute approximate surface area is 184 Å². The van der Waals surface area contributed by atoms with Crippen molar-refractivity contribution in [2.24, 2.45) is 0 Å². The molecule has 2 amide bonds. The van der Waals surface area contributed by atoms with Crippen LogP contribution in [0.4, 0.5) is 0 Å². The molecule has 2 aromatic rings. The van der Waals surface area contributed by atoms with E-state index in [-0.39, 0.29) is 24.4 Å². The Hall–Kier alpha value is -2.14. The van der Waals surface area contributed by atoms with Crippen LogP contribution in [-0.2, 0) is 22.7 Å². The zero-order valence-corrected chi connectivity index (χ0v) is 19.1. The molecule has 1 heterocycles. The molecule has 4 nitrogen and oxygen atoms in total. The Morgan fingerprint density at radius 3 is 2.33 bits per heavy atom. The van der Waals surface area contributed by atoms with Gasteiger partial charge in [-0.2, -0.15) is 0 Å². The molecule has 1 aromatic heterocycles. The molecule has 0 aliphatic heterocycles. The van der Waals surface area contributed by atoms with Gasteiger partial charge in [0, 0.05) is 28.8 Å². The largest absolute Gasteiger partial charge is 0.332 e. The van der Waals surface area contributed by atoms with Gasteiger partial charge in [-0.25, -0.2) is 0 Å². The average molecular weight is 427 g/mol. The molecule has 0 unspecified atom stereocenters. The fraction of sp³-hybridized carbons (Fsp3) is 0.520. The third-order valence-electron chi connectivity index (χ3n) is 5.82. The topological polar surface area (TPSA) is 40.6 Å². The average Bonchev–Trinajstić information content (AvgIpc) is 3.17. The van der Waals surface area contributed by atoms with E-state index in [0.717, 1.165) is 37.7 Å². The van der Waals surface area contributed by atoms with Crippen molar-refractivity contribution in [3.05, 3.63) is 57.8 Å². The number of carbonyl (C=O) groups excluding carboxylic acids is 2. The predicted molar refractivity (Wildman–Crippen MR) is 123 cm³/mol. The molecule has 0 spiro atoms. The lowest BCUT2D eigenvalue weighted by Crippen LogP contribution is -2.47. The van der Waals surface area contributed by atoms with Crippen LogP contribution in [0.1, 0.15) is 67.2 Å². The summed E-state index contributed by atoms with van der Waals surface area (Å²) in [5.41, 5.74) is 1.11. The van der Waals surface area contributed by atoms with Gasteiger partial charge in [-0.05, 0) is 43.9 Å². The number of thiophene rings is 1. The first kappa shape index (κ1) is 22.5. The minimum Gasteiger partial charge on any atom is -0.332 e. The summed E-state index contributed by atoms with van der Waals surface area (Å²) in [5, 5.41) is 0. The van der Waals surface area contributed by atoms with Crippen LogP contribution in [0, 0.1) is 6.92 Å². The van der Waals surface area contributed by atoms with Crippen LogP contribution >= 0.6 is 11.3 Å². The molecule has 0 radical (unpaired) electrons. The van der Waals surface area contributed by atoms with Crippen molar-refractivity contribution in [2.45, 2.75) is 77.9 Å². The number of benzene rings is 1. The van der Waals surface area contributed by atoms with Gasteiger partial charge in [-0.15, -0.1) is 11.3 Å². The first-order chi connectivity index (χ1) is 14.6. The highest BCUT2D eigenvalue weighted by atomic mass is 32.1. The number of carbonyl (C=O) groups is 2. The first-order valence-corrected chi connectivity index (χ1v) is 12.0. The lowest BCUT2D eigenvalue weighted by Gasteiger charge is -2.35. The van der Waals surface area contributed by atoms with Gasteiger partial charge in [0.05, 0.1) is 6.54 Å². The Morgan fingerprint density at radius 1 is 0.967 bits per heavy atom. The predicted octanol–water partition coefficient (Wildman–Crippen LogP) is 5.55. The Morgan fingerprint density at radius 2 is 1.70 bits per heavy atom. The molecule has 1 fully saturated rings. The quantitative estimate of drug-likeness (QED) is 0.528. The fourth-order valence-corrected chi connectivity index (χ4v) is 5.12. The minimum atomic E-state index is 0.0416. The van der Waals surface area contributed by atoms with Crippen molar-refractivity contribution >= 4 is 23.2 Å². The molecule has 30 heavy (non-hydrogen) atoms. The summed E-state index contributed by atoms with van der Waals surface area (Å²) in [7, 11) is 0. The molecule has 162 valence electrons. The second-order valence-electron chi connectivity index (χ2n) is 8.31. The summed E-state index contributed by atoms with van der Waals surface area (Å²) in [6, 6.07) is 14.5. The Balaban J connectivity index is 1.77. The Kier molecular flexibility index (Phi) is 8.50. The SMILES string of the molecule is CCCC(=O)N(CC(=O)N(Cc1ccccc1)Cc1ccc(C)s1)C1CCCCC1. The summed E-state index contributed by atoms with van der Waals surface area (Å²) < 4.78 is 0. The lowest BCUT2D eigenvalue weighted by atomic mass is 9.94. The van der Waals surface area contributed by atoms with Crippen molar-refractivity contribution in [3.63, 3.8) is 0 Å². The summed E-state index contributed by atoms with van der Waals surface area (Å²) >= 11 is 1.73. The highest BCUT2D eigenvalue weighted by Crippen LogP contribution is 2.24. The van der Waals surface area contributed by atoms with Gasteiger partial charge in [0.2, 0.25) is 11.8 Å².